The van der Waals surface area contributed by atoms with Gasteiger partial charge in [-0.25, -0.2) is 0 Å². The smallest absolute Gasteiger partial charge is 0.251 e. The van der Waals surface area contributed by atoms with Crippen molar-refractivity contribution >= 4 is 46.8 Å². The van der Waals surface area contributed by atoms with Gasteiger partial charge in [-0.2, -0.15) is 0 Å². The first kappa shape index (κ1) is 27.1. The quantitative estimate of drug-likeness (QED) is 0.528. The van der Waals surface area contributed by atoms with E-state index in [0.717, 1.165) is 11.1 Å². The Morgan fingerprint density at radius 2 is 1.80 bits per heavy atom. The minimum absolute atomic E-state index is 0.0618. The van der Waals surface area contributed by atoms with E-state index in [4.69, 9.17) is 11.6 Å². The molecular formula is C31H32ClN3O4S. The van der Waals surface area contributed by atoms with Crippen LogP contribution in [0.25, 0.3) is 0 Å². The van der Waals surface area contributed by atoms with Gasteiger partial charge in [0.15, 0.2) is 0 Å². The lowest BCUT2D eigenvalue weighted by atomic mass is 9.78. The van der Waals surface area contributed by atoms with Gasteiger partial charge in [-0.1, -0.05) is 78.4 Å². The van der Waals surface area contributed by atoms with Gasteiger partial charge in [0.25, 0.3) is 5.91 Å². The number of carbonyl (C=O) groups is 3. The molecule has 1 N–H and O–H groups in total. The predicted molar refractivity (Wildman–Crippen MR) is 157 cm³/mol. The Bertz CT molecular complexity index is 1380. The van der Waals surface area contributed by atoms with Crippen molar-refractivity contribution in [2.45, 2.75) is 35.9 Å². The topological polar surface area (TPSA) is 81.2 Å². The second-order valence-electron chi connectivity index (χ2n) is 10.8. The van der Waals surface area contributed by atoms with Crippen molar-refractivity contribution in [3.8, 4) is 0 Å². The van der Waals surface area contributed by atoms with Crippen molar-refractivity contribution in [2.75, 3.05) is 31.1 Å². The zero-order valence-corrected chi connectivity index (χ0v) is 23.9. The van der Waals surface area contributed by atoms with Crippen LogP contribution in [0, 0.1) is 18.8 Å². The molecule has 3 amide bonds. The summed E-state index contributed by atoms with van der Waals surface area (Å²) in [6, 6.07) is 14.6. The number of anilines is 1. The Hall–Kier alpha value is -3.07. The van der Waals surface area contributed by atoms with Crippen molar-refractivity contribution in [3.05, 3.63) is 89.0 Å². The van der Waals surface area contributed by atoms with Crippen LogP contribution in [0.5, 0.6) is 0 Å². The summed E-state index contributed by atoms with van der Waals surface area (Å²) in [5.41, 5.74) is 2.53. The number of aliphatic hydroxyl groups is 1. The van der Waals surface area contributed by atoms with Gasteiger partial charge in [0.1, 0.15) is 6.04 Å². The van der Waals surface area contributed by atoms with E-state index in [2.05, 4.69) is 0 Å². The first-order chi connectivity index (χ1) is 19.4. The van der Waals surface area contributed by atoms with Gasteiger partial charge in [-0.05, 0) is 30.5 Å². The molecule has 0 bridgehead atoms. The summed E-state index contributed by atoms with van der Waals surface area (Å²) in [7, 11) is 0. The third-order valence-electron chi connectivity index (χ3n) is 8.47. The second-order valence-corrected chi connectivity index (χ2v) is 12.7. The molecule has 0 saturated carbocycles. The fourth-order valence-electron chi connectivity index (χ4n) is 6.78. The number of rotatable bonds is 6. The molecule has 4 heterocycles. The van der Waals surface area contributed by atoms with E-state index in [-0.39, 0.29) is 36.1 Å². The molecule has 0 aliphatic carbocycles. The zero-order chi connectivity index (χ0) is 28.0. The molecule has 208 valence electrons. The monoisotopic (exact) mass is 577 g/mol. The average molecular weight is 578 g/mol. The van der Waals surface area contributed by atoms with Crippen LogP contribution >= 0.6 is 23.4 Å². The van der Waals surface area contributed by atoms with Gasteiger partial charge < -0.3 is 19.8 Å². The van der Waals surface area contributed by atoms with Crippen LogP contribution < -0.4 is 4.90 Å². The van der Waals surface area contributed by atoms with Crippen LogP contribution in [0.15, 0.2) is 72.8 Å². The third kappa shape index (κ3) is 4.28. The normalized spacial score (nSPS) is 29.4. The van der Waals surface area contributed by atoms with Crippen molar-refractivity contribution in [3.63, 3.8) is 0 Å². The van der Waals surface area contributed by atoms with Gasteiger partial charge in [-0.3, -0.25) is 14.4 Å². The summed E-state index contributed by atoms with van der Waals surface area (Å²) in [6.07, 6.45) is 8.36. The van der Waals surface area contributed by atoms with Crippen molar-refractivity contribution in [2.24, 2.45) is 11.8 Å². The van der Waals surface area contributed by atoms with Gasteiger partial charge in [0.05, 0.1) is 27.3 Å². The number of likely N-dealkylation sites (tertiary alicyclic amines) is 1. The maximum atomic E-state index is 14.5. The molecule has 2 saturated heterocycles. The lowest BCUT2D eigenvalue weighted by Crippen LogP contribution is -2.53. The highest BCUT2D eigenvalue weighted by Crippen LogP contribution is 2.61. The molecule has 4 aliphatic rings. The highest BCUT2D eigenvalue weighted by molar-refractivity contribution is 8.02. The number of para-hydroxylation sites is 1. The summed E-state index contributed by atoms with van der Waals surface area (Å²) in [6.45, 7) is 3.30. The summed E-state index contributed by atoms with van der Waals surface area (Å²) >= 11 is 8.16. The van der Waals surface area contributed by atoms with Crippen LogP contribution in [0.3, 0.4) is 0 Å². The second kappa shape index (κ2) is 10.7. The van der Waals surface area contributed by atoms with Crippen LogP contribution in [0.2, 0.25) is 5.02 Å². The largest absolute Gasteiger partial charge is 0.396 e. The molecule has 2 aromatic rings. The number of benzene rings is 2. The number of carbonyl (C=O) groups excluding carboxylic acids is 3. The summed E-state index contributed by atoms with van der Waals surface area (Å²) < 4.78 is -0.904. The number of fused-ring (bicyclic) bond motifs is 2. The highest BCUT2D eigenvalue weighted by Gasteiger charge is 2.71. The zero-order valence-electron chi connectivity index (χ0n) is 22.3. The SMILES string of the molecule is Cc1cccc(Cl)c1N1CC=C[C@]23S[C@H]4C=CCN(Cc5ccccc5)C(=O)[C@H]4[C@H]2C(=O)N(CCCO)C3C1=O. The Kier molecular flexibility index (Phi) is 7.27. The number of amides is 3. The first-order valence-electron chi connectivity index (χ1n) is 13.7. The number of nitrogens with zero attached hydrogens (tertiary/aromatic N) is 3. The van der Waals surface area contributed by atoms with Gasteiger partial charge in [0, 0.05) is 38.0 Å². The van der Waals surface area contributed by atoms with E-state index in [1.54, 1.807) is 27.6 Å². The van der Waals surface area contributed by atoms with E-state index in [1.165, 1.54) is 0 Å². The number of halogens is 1. The third-order valence-corrected chi connectivity index (χ3v) is 10.5. The number of aliphatic hydroxyl groups excluding tert-OH is 1. The van der Waals surface area contributed by atoms with Crippen molar-refractivity contribution < 1.29 is 19.5 Å². The number of hydrogen-bond donors (Lipinski definition) is 1. The maximum absolute atomic E-state index is 14.5. The minimum atomic E-state index is -0.904. The Morgan fingerprint density at radius 3 is 2.55 bits per heavy atom. The van der Waals surface area contributed by atoms with E-state index >= 15 is 0 Å². The molecule has 7 nitrogen and oxygen atoms in total. The van der Waals surface area contributed by atoms with Crippen LogP contribution in [-0.2, 0) is 20.9 Å². The van der Waals surface area contributed by atoms with E-state index < -0.39 is 22.6 Å². The Balaban J connectivity index is 1.41. The molecule has 2 fully saturated rings. The number of hydrogen-bond acceptors (Lipinski definition) is 5. The molecule has 9 heteroatoms. The lowest BCUT2D eigenvalue weighted by Gasteiger charge is -2.35. The minimum Gasteiger partial charge on any atom is -0.396 e. The van der Waals surface area contributed by atoms with Gasteiger partial charge in [0.2, 0.25) is 11.8 Å². The molecule has 1 unspecified atom stereocenters. The van der Waals surface area contributed by atoms with Crippen molar-refractivity contribution in [1.82, 2.24) is 9.80 Å². The molecule has 0 aromatic heterocycles. The van der Waals surface area contributed by atoms with Crippen LogP contribution in [0.1, 0.15) is 17.5 Å². The highest BCUT2D eigenvalue weighted by atomic mass is 35.5. The fourth-order valence-corrected chi connectivity index (χ4v) is 9.11. The van der Waals surface area contributed by atoms with Crippen LogP contribution in [-0.4, -0.2) is 74.9 Å². The molecule has 1 spiro atoms. The molecule has 4 aliphatic heterocycles. The number of aryl methyl sites for hydroxylation is 1. The summed E-state index contributed by atoms with van der Waals surface area (Å²) in [5, 5.41) is 9.88. The maximum Gasteiger partial charge on any atom is 0.251 e. The fraction of sp³-hybridized carbons (Fsp3) is 0.387. The molecule has 2 aromatic carbocycles. The van der Waals surface area contributed by atoms with E-state index in [1.807, 2.05) is 78.6 Å². The van der Waals surface area contributed by atoms with Crippen LogP contribution in [0.4, 0.5) is 5.69 Å². The standard InChI is InChI=1S/C31H32ClN3O4S/c1-20-9-5-12-22(32)26(20)34-16-7-14-31-25(29(38)35(17-8-18-36)27(31)30(34)39)24-23(40-31)13-6-15-33(28(24)37)19-21-10-3-2-4-11-21/h2-7,9-14,23-25,27,36H,8,15-19H2,1H3/t23-,24+,25-,27?,31-/m0/s1. The summed E-state index contributed by atoms with van der Waals surface area (Å²) in [5.74, 6) is -1.75. The molecule has 5 atom stereocenters. The van der Waals surface area contributed by atoms with Crippen molar-refractivity contribution in [1.29, 1.82) is 0 Å². The average Bonchev–Trinajstić information content (AvgIpc) is 3.26. The number of thioether (sulfide) groups is 1. The summed E-state index contributed by atoms with van der Waals surface area (Å²) in [4.78, 5) is 48.0. The lowest BCUT2D eigenvalue weighted by molar-refractivity contribution is -0.143. The molecule has 40 heavy (non-hydrogen) atoms. The predicted octanol–water partition coefficient (Wildman–Crippen LogP) is 3.83. The first-order valence-corrected chi connectivity index (χ1v) is 15.0. The Labute approximate surface area is 243 Å². The molecule has 0 radical (unpaired) electrons. The molecular weight excluding hydrogens is 546 g/mol. The van der Waals surface area contributed by atoms with E-state index in [0.29, 0.717) is 36.8 Å². The van der Waals surface area contributed by atoms with Gasteiger partial charge in [-0.15, -0.1) is 11.8 Å². The Morgan fingerprint density at radius 1 is 1.00 bits per heavy atom. The van der Waals surface area contributed by atoms with Gasteiger partial charge >= 0.3 is 0 Å². The van der Waals surface area contributed by atoms with E-state index in [9.17, 15) is 19.5 Å². The molecule has 6 rings (SSSR count).